The van der Waals surface area contributed by atoms with Crippen molar-refractivity contribution in [2.75, 3.05) is 20.2 Å². The second-order valence-corrected chi connectivity index (χ2v) is 6.62. The van der Waals surface area contributed by atoms with Crippen LogP contribution in [0.5, 0.6) is 11.5 Å². The monoisotopic (exact) mass is 389 g/mol. The number of hydrogen-bond acceptors (Lipinski definition) is 3. The summed E-state index contributed by atoms with van der Waals surface area (Å²) >= 11 is 3.45. The van der Waals surface area contributed by atoms with Crippen molar-refractivity contribution in [1.82, 2.24) is 4.90 Å². The van der Waals surface area contributed by atoms with E-state index in [4.69, 9.17) is 9.47 Å². The first-order chi connectivity index (χ1) is 11.7. The van der Waals surface area contributed by atoms with Crippen LogP contribution in [0.15, 0.2) is 53.0 Å². The van der Waals surface area contributed by atoms with Gasteiger partial charge in [-0.15, -0.1) is 0 Å². The number of likely N-dealkylation sites (tertiary alicyclic amines) is 1. The van der Waals surface area contributed by atoms with Crippen LogP contribution in [0.1, 0.15) is 23.2 Å². The zero-order valence-corrected chi connectivity index (χ0v) is 15.2. The maximum atomic E-state index is 12.6. The van der Waals surface area contributed by atoms with Crippen LogP contribution in [0.3, 0.4) is 0 Å². The van der Waals surface area contributed by atoms with E-state index in [1.54, 1.807) is 7.11 Å². The van der Waals surface area contributed by atoms with Gasteiger partial charge in [-0.25, -0.2) is 0 Å². The van der Waals surface area contributed by atoms with E-state index in [1.165, 1.54) is 0 Å². The molecule has 0 radical (unpaired) electrons. The molecular formula is C19H20BrNO3. The SMILES string of the molecule is COc1ccc(OC2CCN(C(=O)c3ccccc3Br)CC2)cc1. The number of rotatable bonds is 4. The molecule has 0 aromatic heterocycles. The zero-order chi connectivity index (χ0) is 16.9. The summed E-state index contributed by atoms with van der Waals surface area (Å²) in [5.41, 5.74) is 0.715. The first-order valence-electron chi connectivity index (χ1n) is 8.02. The van der Waals surface area contributed by atoms with Gasteiger partial charge in [0.25, 0.3) is 5.91 Å². The summed E-state index contributed by atoms with van der Waals surface area (Å²) in [7, 11) is 1.65. The maximum absolute atomic E-state index is 12.6. The van der Waals surface area contributed by atoms with E-state index in [9.17, 15) is 4.79 Å². The number of hydrogen-bond donors (Lipinski definition) is 0. The number of nitrogens with zero attached hydrogens (tertiary/aromatic N) is 1. The minimum atomic E-state index is 0.0744. The van der Waals surface area contributed by atoms with Crippen LogP contribution in [0.2, 0.25) is 0 Å². The van der Waals surface area contributed by atoms with Crippen LogP contribution in [-0.2, 0) is 0 Å². The number of benzene rings is 2. The van der Waals surface area contributed by atoms with E-state index in [2.05, 4.69) is 15.9 Å². The summed E-state index contributed by atoms with van der Waals surface area (Å²) in [6, 6.07) is 15.2. The largest absolute Gasteiger partial charge is 0.497 e. The molecule has 2 aromatic rings. The predicted molar refractivity (Wildman–Crippen MR) is 96.7 cm³/mol. The lowest BCUT2D eigenvalue weighted by Gasteiger charge is -2.32. The standard InChI is InChI=1S/C19H20BrNO3/c1-23-14-6-8-15(9-7-14)24-16-10-12-21(13-11-16)19(22)17-4-2-3-5-18(17)20/h2-9,16H,10-13H2,1H3. The van der Waals surface area contributed by atoms with Gasteiger partial charge in [-0.3, -0.25) is 4.79 Å². The van der Waals surface area contributed by atoms with Crippen LogP contribution in [0.25, 0.3) is 0 Å². The highest BCUT2D eigenvalue weighted by Crippen LogP contribution is 2.24. The summed E-state index contributed by atoms with van der Waals surface area (Å²) in [5, 5.41) is 0. The molecule has 1 saturated heterocycles. The fourth-order valence-corrected chi connectivity index (χ4v) is 3.28. The lowest BCUT2D eigenvalue weighted by Crippen LogP contribution is -2.41. The molecule has 1 fully saturated rings. The van der Waals surface area contributed by atoms with Gasteiger partial charge in [0.05, 0.1) is 12.7 Å². The smallest absolute Gasteiger partial charge is 0.255 e. The molecule has 24 heavy (non-hydrogen) atoms. The highest BCUT2D eigenvalue weighted by Gasteiger charge is 2.25. The molecule has 1 amide bonds. The summed E-state index contributed by atoms with van der Waals surface area (Å²) in [4.78, 5) is 14.5. The number of ether oxygens (including phenoxy) is 2. The van der Waals surface area contributed by atoms with E-state index in [-0.39, 0.29) is 12.0 Å². The molecule has 1 aliphatic rings. The molecule has 1 heterocycles. The molecule has 0 spiro atoms. The van der Waals surface area contributed by atoms with E-state index in [1.807, 2.05) is 53.4 Å². The first kappa shape index (κ1) is 16.8. The number of halogens is 1. The third-order valence-electron chi connectivity index (χ3n) is 4.20. The van der Waals surface area contributed by atoms with Gasteiger partial charge in [-0.2, -0.15) is 0 Å². The first-order valence-corrected chi connectivity index (χ1v) is 8.81. The summed E-state index contributed by atoms with van der Waals surface area (Å²) in [6.45, 7) is 1.42. The van der Waals surface area contributed by atoms with Crippen LogP contribution in [0.4, 0.5) is 0 Å². The van der Waals surface area contributed by atoms with Gasteiger partial charge in [0, 0.05) is 30.4 Å². The molecule has 5 heteroatoms. The minimum Gasteiger partial charge on any atom is -0.497 e. The molecule has 0 saturated carbocycles. The van der Waals surface area contributed by atoms with Crippen LogP contribution < -0.4 is 9.47 Å². The van der Waals surface area contributed by atoms with Crippen LogP contribution >= 0.6 is 15.9 Å². The fourth-order valence-electron chi connectivity index (χ4n) is 2.83. The maximum Gasteiger partial charge on any atom is 0.255 e. The van der Waals surface area contributed by atoms with Gasteiger partial charge >= 0.3 is 0 Å². The molecule has 126 valence electrons. The Morgan fingerprint density at radius 1 is 1.04 bits per heavy atom. The molecule has 0 N–H and O–H groups in total. The number of carbonyl (C=O) groups excluding carboxylic acids is 1. The van der Waals surface area contributed by atoms with Gasteiger partial charge < -0.3 is 14.4 Å². The normalized spacial score (nSPS) is 15.2. The zero-order valence-electron chi connectivity index (χ0n) is 13.6. The Balaban J connectivity index is 1.55. The second-order valence-electron chi connectivity index (χ2n) is 5.76. The van der Waals surface area contributed by atoms with Crippen molar-refractivity contribution in [2.45, 2.75) is 18.9 Å². The van der Waals surface area contributed by atoms with Gasteiger partial charge in [0.15, 0.2) is 0 Å². The van der Waals surface area contributed by atoms with Crippen molar-refractivity contribution in [3.05, 3.63) is 58.6 Å². The van der Waals surface area contributed by atoms with Gasteiger partial charge in [0.2, 0.25) is 0 Å². The number of carbonyl (C=O) groups is 1. The highest BCUT2D eigenvalue weighted by molar-refractivity contribution is 9.10. The Morgan fingerprint density at radius 2 is 1.67 bits per heavy atom. The molecule has 0 atom stereocenters. The van der Waals surface area contributed by atoms with Crippen molar-refractivity contribution in [3.63, 3.8) is 0 Å². The average Bonchev–Trinajstić information content (AvgIpc) is 2.63. The molecule has 1 aliphatic heterocycles. The van der Waals surface area contributed by atoms with Crippen molar-refractivity contribution in [1.29, 1.82) is 0 Å². The van der Waals surface area contributed by atoms with E-state index in [0.29, 0.717) is 18.7 Å². The topological polar surface area (TPSA) is 38.8 Å². The van der Waals surface area contributed by atoms with Crippen molar-refractivity contribution in [2.24, 2.45) is 0 Å². The minimum absolute atomic E-state index is 0.0744. The third-order valence-corrected chi connectivity index (χ3v) is 4.89. The predicted octanol–water partition coefficient (Wildman–Crippen LogP) is 4.14. The average molecular weight is 390 g/mol. The van der Waals surface area contributed by atoms with E-state index < -0.39 is 0 Å². The van der Waals surface area contributed by atoms with Crippen molar-refractivity contribution < 1.29 is 14.3 Å². The summed E-state index contributed by atoms with van der Waals surface area (Å²) < 4.78 is 12.0. The third kappa shape index (κ3) is 3.90. The lowest BCUT2D eigenvalue weighted by molar-refractivity contribution is 0.0594. The Labute approximate surface area is 150 Å². The molecular weight excluding hydrogens is 370 g/mol. The van der Waals surface area contributed by atoms with Crippen LogP contribution in [0, 0.1) is 0 Å². The van der Waals surface area contributed by atoms with Gasteiger partial charge in [0.1, 0.15) is 17.6 Å². The fraction of sp³-hybridized carbons (Fsp3) is 0.316. The molecule has 0 aliphatic carbocycles. The lowest BCUT2D eigenvalue weighted by atomic mass is 10.1. The van der Waals surface area contributed by atoms with Crippen molar-refractivity contribution in [3.8, 4) is 11.5 Å². The molecule has 0 bridgehead atoms. The Morgan fingerprint density at radius 3 is 2.29 bits per heavy atom. The Bertz CT molecular complexity index is 694. The highest BCUT2D eigenvalue weighted by atomic mass is 79.9. The second kappa shape index (κ2) is 7.71. The molecule has 2 aromatic carbocycles. The summed E-state index contributed by atoms with van der Waals surface area (Å²) in [5.74, 6) is 1.73. The van der Waals surface area contributed by atoms with E-state index in [0.717, 1.165) is 28.8 Å². The Hall–Kier alpha value is -2.01. The molecule has 3 rings (SSSR count). The Kier molecular flexibility index (Phi) is 5.41. The molecule has 4 nitrogen and oxygen atoms in total. The molecule has 0 unspecified atom stereocenters. The summed E-state index contributed by atoms with van der Waals surface area (Å²) in [6.07, 6.45) is 1.81. The van der Waals surface area contributed by atoms with Crippen molar-refractivity contribution >= 4 is 21.8 Å². The quantitative estimate of drug-likeness (QED) is 0.788. The van der Waals surface area contributed by atoms with Gasteiger partial charge in [-0.1, -0.05) is 12.1 Å². The number of amides is 1. The van der Waals surface area contributed by atoms with E-state index >= 15 is 0 Å². The number of piperidine rings is 1. The number of methoxy groups -OCH3 is 1. The van der Waals surface area contributed by atoms with Gasteiger partial charge in [-0.05, 0) is 52.3 Å². The van der Waals surface area contributed by atoms with Crippen LogP contribution in [-0.4, -0.2) is 37.1 Å².